The molecule has 2 aliphatic rings. The summed E-state index contributed by atoms with van der Waals surface area (Å²) in [6.45, 7) is 5.05. The molecule has 1 saturated heterocycles. The Kier molecular flexibility index (Phi) is 6.00. The number of halogens is 1. The maximum absolute atomic E-state index is 13.5. The summed E-state index contributed by atoms with van der Waals surface area (Å²) in [6, 6.07) is 12.7. The topological polar surface area (TPSA) is 44.8 Å². The molecule has 4 rings (SSSR count). The van der Waals surface area contributed by atoms with Crippen LogP contribution in [0.3, 0.4) is 0 Å². The summed E-state index contributed by atoms with van der Waals surface area (Å²) in [5, 5.41) is 2.86. The number of nitrogens with zero attached hydrogens (tertiary/aromatic N) is 2. The number of ether oxygens (including phenoxy) is 1. The molecule has 154 valence electrons. The van der Waals surface area contributed by atoms with Gasteiger partial charge >= 0.3 is 0 Å². The summed E-state index contributed by atoms with van der Waals surface area (Å²) in [5.74, 6) is 0.421. The average Bonchev–Trinajstić information content (AvgIpc) is 3.06. The molecule has 0 saturated carbocycles. The number of piperazine rings is 1. The molecule has 1 amide bonds. The van der Waals surface area contributed by atoms with E-state index < -0.39 is 0 Å². The number of methoxy groups -OCH3 is 1. The maximum Gasteiger partial charge on any atom is 0.232 e. The summed E-state index contributed by atoms with van der Waals surface area (Å²) < 4.78 is 19.0. The lowest BCUT2D eigenvalue weighted by molar-refractivity contribution is -0.117. The number of carbonyl (C=O) groups excluding carboxylic acids is 1. The van der Waals surface area contributed by atoms with E-state index in [0.717, 1.165) is 74.7 Å². The number of unbranched alkanes of at least 4 members (excludes halogenated alkanes) is 1. The maximum atomic E-state index is 13.5. The fourth-order valence-corrected chi connectivity index (χ4v) is 4.37. The van der Waals surface area contributed by atoms with Crippen LogP contribution in [0.25, 0.3) is 0 Å². The second-order valence-corrected chi connectivity index (χ2v) is 7.77. The van der Waals surface area contributed by atoms with E-state index in [4.69, 9.17) is 4.74 Å². The van der Waals surface area contributed by atoms with E-state index in [1.54, 1.807) is 13.2 Å². The quantitative estimate of drug-likeness (QED) is 0.721. The van der Waals surface area contributed by atoms with Gasteiger partial charge in [0.25, 0.3) is 0 Å². The highest BCUT2D eigenvalue weighted by Gasteiger charge is 2.30. The Balaban J connectivity index is 1.22. The second-order valence-electron chi connectivity index (χ2n) is 7.77. The van der Waals surface area contributed by atoms with Crippen molar-refractivity contribution in [3.05, 3.63) is 53.8 Å². The number of anilines is 2. The van der Waals surface area contributed by atoms with E-state index in [1.165, 1.54) is 12.1 Å². The zero-order chi connectivity index (χ0) is 20.2. The van der Waals surface area contributed by atoms with Gasteiger partial charge in [0.15, 0.2) is 0 Å². The summed E-state index contributed by atoms with van der Waals surface area (Å²) in [7, 11) is 1.71. The van der Waals surface area contributed by atoms with Gasteiger partial charge in [0.05, 0.1) is 18.7 Å². The molecule has 0 bridgehead atoms. The van der Waals surface area contributed by atoms with Crippen molar-refractivity contribution in [3.63, 3.8) is 0 Å². The van der Waals surface area contributed by atoms with Crippen LogP contribution in [-0.4, -0.2) is 50.6 Å². The number of nitrogens with one attached hydrogen (secondary N) is 1. The Morgan fingerprint density at radius 1 is 1.10 bits per heavy atom. The van der Waals surface area contributed by atoms with Gasteiger partial charge in [-0.3, -0.25) is 9.69 Å². The minimum Gasteiger partial charge on any atom is -0.495 e. The minimum atomic E-state index is -0.279. The van der Waals surface area contributed by atoms with Crippen LogP contribution in [0.2, 0.25) is 0 Å². The highest BCUT2D eigenvalue weighted by atomic mass is 19.1. The highest BCUT2D eigenvalue weighted by molar-refractivity contribution is 6.02. The smallest absolute Gasteiger partial charge is 0.232 e. The molecule has 6 heteroatoms. The number of benzene rings is 2. The van der Waals surface area contributed by atoms with E-state index in [0.29, 0.717) is 0 Å². The first-order valence-corrected chi connectivity index (χ1v) is 10.4. The molecule has 0 radical (unpaired) electrons. The van der Waals surface area contributed by atoms with Crippen LogP contribution < -0.4 is 15.0 Å². The summed E-state index contributed by atoms with van der Waals surface area (Å²) in [4.78, 5) is 17.1. The van der Waals surface area contributed by atoms with E-state index in [1.807, 2.05) is 18.2 Å². The number of hydrogen-bond acceptors (Lipinski definition) is 4. The molecule has 0 aromatic heterocycles. The number of amides is 1. The van der Waals surface area contributed by atoms with Gasteiger partial charge in [-0.15, -0.1) is 0 Å². The first-order chi connectivity index (χ1) is 14.2. The molecule has 5 nitrogen and oxygen atoms in total. The van der Waals surface area contributed by atoms with Crippen LogP contribution in [-0.2, 0) is 4.79 Å². The molecule has 0 spiro atoms. The van der Waals surface area contributed by atoms with Gasteiger partial charge in [0, 0.05) is 31.9 Å². The van der Waals surface area contributed by atoms with Crippen LogP contribution in [0.15, 0.2) is 42.5 Å². The first-order valence-electron chi connectivity index (χ1n) is 10.4. The Morgan fingerprint density at radius 2 is 1.90 bits per heavy atom. The molecule has 1 unspecified atom stereocenters. The number of para-hydroxylation sites is 2. The molecular weight excluding hydrogens is 369 g/mol. The van der Waals surface area contributed by atoms with Crippen molar-refractivity contribution in [1.29, 1.82) is 0 Å². The van der Waals surface area contributed by atoms with E-state index >= 15 is 0 Å². The third kappa shape index (κ3) is 4.37. The van der Waals surface area contributed by atoms with Crippen molar-refractivity contribution in [3.8, 4) is 5.75 Å². The number of hydrogen-bond donors (Lipinski definition) is 1. The van der Waals surface area contributed by atoms with Gasteiger partial charge in [0.2, 0.25) is 5.91 Å². The van der Waals surface area contributed by atoms with Gasteiger partial charge in [0.1, 0.15) is 11.6 Å². The summed E-state index contributed by atoms with van der Waals surface area (Å²) in [6.07, 6.45) is 2.77. The molecule has 1 fully saturated rings. The van der Waals surface area contributed by atoms with Crippen molar-refractivity contribution in [2.75, 3.05) is 50.1 Å². The summed E-state index contributed by atoms with van der Waals surface area (Å²) >= 11 is 0. The monoisotopic (exact) mass is 397 g/mol. The van der Waals surface area contributed by atoms with E-state index in [9.17, 15) is 9.18 Å². The van der Waals surface area contributed by atoms with Gasteiger partial charge in [-0.25, -0.2) is 4.39 Å². The van der Waals surface area contributed by atoms with Crippen LogP contribution in [0.1, 0.15) is 30.7 Å². The fraction of sp³-hybridized carbons (Fsp3) is 0.435. The average molecular weight is 397 g/mol. The standard InChI is InChI=1S/C23H28FN3O2/c1-29-22-8-3-2-7-21(22)27-14-12-26(13-15-27)11-5-4-6-18-19-16-17(24)9-10-20(19)25-23(18)28/h2-3,7-10,16,18H,4-6,11-15H2,1H3,(H,25,28). The molecule has 29 heavy (non-hydrogen) atoms. The Bertz CT molecular complexity index is 865. The van der Waals surface area contributed by atoms with Crippen molar-refractivity contribution in [1.82, 2.24) is 4.90 Å². The van der Waals surface area contributed by atoms with Crippen LogP contribution in [0, 0.1) is 5.82 Å². The molecular formula is C23H28FN3O2. The van der Waals surface area contributed by atoms with Crippen molar-refractivity contribution in [2.45, 2.75) is 25.2 Å². The van der Waals surface area contributed by atoms with Crippen LogP contribution in [0.4, 0.5) is 15.8 Å². The minimum absolute atomic E-state index is 0.00368. The van der Waals surface area contributed by atoms with Crippen LogP contribution in [0.5, 0.6) is 5.75 Å². The lowest BCUT2D eigenvalue weighted by Crippen LogP contribution is -2.46. The molecule has 2 aromatic rings. The molecule has 2 heterocycles. The zero-order valence-electron chi connectivity index (χ0n) is 16.9. The van der Waals surface area contributed by atoms with Crippen LogP contribution >= 0.6 is 0 Å². The number of rotatable bonds is 7. The lowest BCUT2D eigenvalue weighted by atomic mass is 9.95. The molecule has 1 N–H and O–H groups in total. The van der Waals surface area contributed by atoms with E-state index in [2.05, 4.69) is 21.2 Å². The lowest BCUT2D eigenvalue weighted by Gasteiger charge is -2.36. The predicted molar refractivity (Wildman–Crippen MR) is 113 cm³/mol. The van der Waals surface area contributed by atoms with Gasteiger partial charge in [-0.1, -0.05) is 18.6 Å². The van der Waals surface area contributed by atoms with E-state index in [-0.39, 0.29) is 17.6 Å². The SMILES string of the molecule is COc1ccccc1N1CCN(CCCCC2C(=O)Nc3ccc(F)cc32)CC1. The number of fused-ring (bicyclic) bond motifs is 1. The van der Waals surface area contributed by atoms with Crippen molar-refractivity contribution >= 4 is 17.3 Å². The molecule has 1 atom stereocenters. The van der Waals surface area contributed by atoms with Crippen molar-refractivity contribution < 1.29 is 13.9 Å². The summed E-state index contributed by atoms with van der Waals surface area (Å²) in [5.41, 5.74) is 2.72. The fourth-order valence-electron chi connectivity index (χ4n) is 4.37. The second kappa shape index (κ2) is 8.82. The normalized spacial score (nSPS) is 19.2. The molecule has 0 aliphatic carbocycles. The number of carbonyl (C=O) groups is 1. The van der Waals surface area contributed by atoms with Gasteiger partial charge in [-0.05, 0) is 55.3 Å². The predicted octanol–water partition coefficient (Wildman–Crippen LogP) is 3.86. The van der Waals surface area contributed by atoms with Gasteiger partial charge < -0.3 is 15.0 Å². The third-order valence-electron chi connectivity index (χ3n) is 5.98. The highest BCUT2D eigenvalue weighted by Crippen LogP contribution is 2.36. The van der Waals surface area contributed by atoms with Gasteiger partial charge in [-0.2, -0.15) is 0 Å². The van der Waals surface area contributed by atoms with Crippen molar-refractivity contribution in [2.24, 2.45) is 0 Å². The Hall–Kier alpha value is -2.60. The molecule has 2 aliphatic heterocycles. The molecule has 2 aromatic carbocycles. The largest absolute Gasteiger partial charge is 0.495 e. The zero-order valence-corrected chi connectivity index (χ0v) is 16.9. The third-order valence-corrected chi connectivity index (χ3v) is 5.98. The Labute approximate surface area is 171 Å². The Morgan fingerprint density at radius 3 is 2.69 bits per heavy atom. The first kappa shape index (κ1) is 19.7.